The first-order valence-electron chi connectivity index (χ1n) is 8.73. The second-order valence-electron chi connectivity index (χ2n) is 6.28. The minimum Gasteiger partial charge on any atom is -0.494 e. The van der Waals surface area contributed by atoms with E-state index >= 15 is 0 Å². The molecular weight excluding hydrogens is 393 g/mol. The number of aromatic nitrogens is 4. The molecule has 0 radical (unpaired) electrons. The topological polar surface area (TPSA) is 114 Å². The zero-order valence-corrected chi connectivity index (χ0v) is 15.7. The van der Waals surface area contributed by atoms with Gasteiger partial charge in [0, 0.05) is 13.1 Å². The van der Waals surface area contributed by atoms with Crippen LogP contribution >= 0.6 is 0 Å². The van der Waals surface area contributed by atoms with Crippen molar-refractivity contribution in [3.05, 3.63) is 23.5 Å². The highest BCUT2D eigenvalue weighted by Gasteiger charge is 2.32. The number of halogens is 3. The van der Waals surface area contributed by atoms with E-state index in [0.717, 1.165) is 12.1 Å². The van der Waals surface area contributed by atoms with Crippen molar-refractivity contribution in [1.82, 2.24) is 24.9 Å². The Morgan fingerprint density at radius 3 is 2.62 bits per heavy atom. The van der Waals surface area contributed by atoms with E-state index < -0.39 is 17.8 Å². The molecule has 29 heavy (non-hydrogen) atoms. The Morgan fingerprint density at radius 1 is 1.24 bits per heavy atom. The van der Waals surface area contributed by atoms with Gasteiger partial charge in [-0.3, -0.25) is 4.40 Å². The number of methoxy groups -OCH3 is 1. The number of amides is 1. The van der Waals surface area contributed by atoms with Gasteiger partial charge in [-0.1, -0.05) is 0 Å². The molecule has 12 heteroatoms. The van der Waals surface area contributed by atoms with E-state index in [0.29, 0.717) is 43.2 Å². The summed E-state index contributed by atoms with van der Waals surface area (Å²) in [6, 6.07) is 1.90. The predicted molar refractivity (Wildman–Crippen MR) is 98.3 cm³/mol. The number of fused-ring (bicyclic) bond motifs is 3. The molecule has 3 N–H and O–H groups in total. The van der Waals surface area contributed by atoms with Crippen LogP contribution in [0, 0.1) is 6.92 Å². The molecule has 0 aliphatic carbocycles. The molecule has 2 heterocycles. The fraction of sp³-hybridized carbons (Fsp3) is 0.412. The van der Waals surface area contributed by atoms with Crippen molar-refractivity contribution in [3.63, 3.8) is 0 Å². The van der Waals surface area contributed by atoms with Crippen molar-refractivity contribution < 1.29 is 27.8 Å². The van der Waals surface area contributed by atoms with E-state index in [1.807, 2.05) is 0 Å². The van der Waals surface area contributed by atoms with Crippen LogP contribution in [0.4, 0.5) is 23.8 Å². The lowest BCUT2D eigenvalue weighted by Gasteiger charge is -2.14. The Morgan fingerprint density at radius 2 is 1.97 bits per heavy atom. The summed E-state index contributed by atoms with van der Waals surface area (Å²) in [5, 5.41) is 21.9. The van der Waals surface area contributed by atoms with Crippen LogP contribution in [0.3, 0.4) is 0 Å². The van der Waals surface area contributed by atoms with Gasteiger partial charge in [0.2, 0.25) is 5.65 Å². The number of hydrogen-bond donors (Lipinski definition) is 3. The molecule has 1 amide bonds. The lowest BCUT2D eigenvalue weighted by Crippen LogP contribution is -2.22. The normalized spacial score (nSPS) is 11.8. The van der Waals surface area contributed by atoms with E-state index in [9.17, 15) is 18.0 Å². The van der Waals surface area contributed by atoms with Crippen LogP contribution in [-0.2, 0) is 6.18 Å². The monoisotopic (exact) mass is 412 g/mol. The number of ether oxygens (including phenoxy) is 1. The predicted octanol–water partition coefficient (Wildman–Crippen LogP) is 3.07. The summed E-state index contributed by atoms with van der Waals surface area (Å²) in [5.41, 5.74) is -0.138. The van der Waals surface area contributed by atoms with Crippen molar-refractivity contribution in [2.45, 2.75) is 25.9 Å². The minimum absolute atomic E-state index is 0.0152. The zero-order chi connectivity index (χ0) is 21.2. The van der Waals surface area contributed by atoms with Gasteiger partial charge in [-0.2, -0.15) is 13.2 Å². The molecule has 0 aliphatic rings. The molecular formula is C17H19F3N6O3. The largest absolute Gasteiger partial charge is 0.494 e. The van der Waals surface area contributed by atoms with Crippen molar-refractivity contribution in [2.24, 2.45) is 0 Å². The number of benzene rings is 1. The second kappa shape index (κ2) is 7.97. The Labute approximate surface area is 162 Å². The fourth-order valence-corrected chi connectivity index (χ4v) is 2.93. The maximum absolute atomic E-state index is 13.3. The first-order chi connectivity index (χ1) is 13.7. The van der Waals surface area contributed by atoms with Crippen LogP contribution in [0.25, 0.3) is 16.7 Å². The Hall–Kier alpha value is -3.31. The number of unbranched alkanes of at least 4 members (excludes halogenated alkanes) is 1. The summed E-state index contributed by atoms with van der Waals surface area (Å²) < 4.78 is 46.5. The highest BCUT2D eigenvalue weighted by molar-refractivity contribution is 5.88. The molecule has 1 aromatic carbocycles. The molecule has 0 atom stereocenters. The molecule has 9 nitrogen and oxygen atoms in total. The first-order valence-corrected chi connectivity index (χ1v) is 8.73. The average Bonchev–Trinajstić information content (AvgIpc) is 3.05. The van der Waals surface area contributed by atoms with Gasteiger partial charge in [-0.25, -0.2) is 9.78 Å². The number of nitrogens with zero attached hydrogens (tertiary/aromatic N) is 4. The Bertz CT molecular complexity index is 1050. The number of carbonyl (C=O) groups is 1. The van der Waals surface area contributed by atoms with Crippen LogP contribution in [0.2, 0.25) is 0 Å². The van der Waals surface area contributed by atoms with Crippen LogP contribution < -0.4 is 15.4 Å². The van der Waals surface area contributed by atoms with Gasteiger partial charge in [0.25, 0.3) is 0 Å². The fourth-order valence-electron chi connectivity index (χ4n) is 2.93. The molecule has 0 saturated heterocycles. The van der Waals surface area contributed by atoms with E-state index in [1.165, 1.54) is 11.5 Å². The van der Waals surface area contributed by atoms with Gasteiger partial charge in [0.15, 0.2) is 5.82 Å². The van der Waals surface area contributed by atoms with Gasteiger partial charge in [0.05, 0.1) is 18.2 Å². The number of alkyl halides is 3. The molecule has 3 aromatic rings. The second-order valence-corrected chi connectivity index (χ2v) is 6.28. The molecule has 3 rings (SSSR count). The molecule has 156 valence electrons. The summed E-state index contributed by atoms with van der Waals surface area (Å²) in [5.74, 6) is 0.739. The highest BCUT2D eigenvalue weighted by atomic mass is 19.4. The summed E-state index contributed by atoms with van der Waals surface area (Å²) in [4.78, 5) is 14.9. The van der Waals surface area contributed by atoms with Crippen LogP contribution in [-0.4, -0.2) is 51.0 Å². The van der Waals surface area contributed by atoms with E-state index in [4.69, 9.17) is 9.84 Å². The number of hydrogen-bond acceptors (Lipinski definition) is 6. The standard InChI is InChI=1S/C17H19F3N6O3/c1-9-24-25-15-14(21-5-3-4-6-22-16(27)28)23-13-11(26(9)15)7-10(17(18,19)20)8-12(13)29-2/h7-8,22H,3-6H2,1-2H3,(H,21,23)(H,27,28). The third kappa shape index (κ3) is 4.25. The van der Waals surface area contributed by atoms with Gasteiger partial charge in [0.1, 0.15) is 17.1 Å². The molecule has 0 spiro atoms. The number of aryl methyl sites for hydroxylation is 1. The lowest BCUT2D eigenvalue weighted by atomic mass is 10.1. The van der Waals surface area contributed by atoms with Crippen molar-refractivity contribution in [2.75, 3.05) is 25.5 Å². The maximum Gasteiger partial charge on any atom is 0.416 e. The number of nitrogens with one attached hydrogen (secondary N) is 2. The molecule has 2 aromatic heterocycles. The maximum atomic E-state index is 13.3. The molecule has 0 saturated carbocycles. The van der Waals surface area contributed by atoms with Crippen LogP contribution in [0.15, 0.2) is 12.1 Å². The molecule has 0 bridgehead atoms. The first kappa shape index (κ1) is 20.4. The van der Waals surface area contributed by atoms with Crippen molar-refractivity contribution in [1.29, 1.82) is 0 Å². The molecule has 0 fully saturated rings. The zero-order valence-electron chi connectivity index (χ0n) is 15.7. The SMILES string of the molecule is COc1cc(C(F)(F)F)cc2c1nc(NCCCCNC(=O)O)c1nnc(C)n12. The van der Waals surface area contributed by atoms with E-state index in [1.54, 1.807) is 6.92 Å². The number of rotatable bonds is 7. The van der Waals surface area contributed by atoms with Crippen molar-refractivity contribution >= 4 is 28.6 Å². The third-order valence-electron chi connectivity index (χ3n) is 4.28. The Balaban J connectivity index is 1.98. The summed E-state index contributed by atoms with van der Waals surface area (Å²) in [6.45, 7) is 2.41. The average molecular weight is 412 g/mol. The molecule has 0 unspecified atom stereocenters. The van der Waals surface area contributed by atoms with Crippen LogP contribution in [0.5, 0.6) is 5.75 Å². The smallest absolute Gasteiger partial charge is 0.416 e. The van der Waals surface area contributed by atoms with Crippen molar-refractivity contribution in [3.8, 4) is 5.75 Å². The number of anilines is 1. The summed E-state index contributed by atoms with van der Waals surface area (Å²) in [7, 11) is 1.28. The highest BCUT2D eigenvalue weighted by Crippen LogP contribution is 2.37. The van der Waals surface area contributed by atoms with Gasteiger partial charge in [-0.05, 0) is 31.9 Å². The van der Waals surface area contributed by atoms with Gasteiger partial charge >= 0.3 is 12.3 Å². The molecule has 0 aliphatic heterocycles. The number of carboxylic acid groups (broad SMARTS) is 1. The van der Waals surface area contributed by atoms with E-state index in [-0.39, 0.29) is 16.8 Å². The minimum atomic E-state index is -4.55. The van der Waals surface area contributed by atoms with Gasteiger partial charge < -0.3 is 20.5 Å². The quantitative estimate of drug-likeness (QED) is 0.511. The van der Waals surface area contributed by atoms with Gasteiger partial charge in [-0.15, -0.1) is 10.2 Å². The summed E-state index contributed by atoms with van der Waals surface area (Å²) >= 11 is 0. The summed E-state index contributed by atoms with van der Waals surface area (Å²) in [6.07, 6.45) is -4.38. The van der Waals surface area contributed by atoms with E-state index in [2.05, 4.69) is 25.8 Å². The lowest BCUT2D eigenvalue weighted by molar-refractivity contribution is -0.137. The van der Waals surface area contributed by atoms with Crippen LogP contribution in [0.1, 0.15) is 24.2 Å². The third-order valence-corrected chi connectivity index (χ3v) is 4.28. The Kier molecular flexibility index (Phi) is 5.62.